The number of nitro groups is 1. The second-order valence-electron chi connectivity index (χ2n) is 7.57. The van der Waals surface area contributed by atoms with E-state index in [-0.39, 0.29) is 16.5 Å². The Morgan fingerprint density at radius 3 is 2.39 bits per heavy atom. The Bertz CT molecular complexity index is 1280. The van der Waals surface area contributed by atoms with Gasteiger partial charge in [0.25, 0.3) is 11.6 Å². The minimum atomic E-state index is -0.369. The van der Waals surface area contributed by atoms with Crippen molar-refractivity contribution in [3.63, 3.8) is 0 Å². The fraction of sp³-hybridized carbons (Fsp3) is 0.167. The van der Waals surface area contributed by atoms with Gasteiger partial charge >= 0.3 is 0 Å². The Morgan fingerprint density at radius 1 is 0.970 bits per heavy atom. The summed E-state index contributed by atoms with van der Waals surface area (Å²) < 4.78 is 5.50. The summed E-state index contributed by atoms with van der Waals surface area (Å²) in [5.41, 5.74) is 2.17. The predicted molar refractivity (Wildman–Crippen MR) is 126 cm³/mol. The second-order valence-corrected chi connectivity index (χ2v) is 8.56. The summed E-state index contributed by atoms with van der Waals surface area (Å²) in [7, 11) is 0. The van der Waals surface area contributed by atoms with Gasteiger partial charge in [-0.3, -0.25) is 14.9 Å². The maximum atomic E-state index is 13.5. The summed E-state index contributed by atoms with van der Waals surface area (Å²) in [5.74, 6) is 0.531. The van der Waals surface area contributed by atoms with Gasteiger partial charge in [0.15, 0.2) is 10.8 Å². The number of furan rings is 1. The SMILES string of the molecule is O=C(c1sc(-c2ccco2)nc1-c1ccccc1)N1CCN(c2ccccc2[N+](=O)[O-])CC1. The molecule has 9 heteroatoms. The van der Waals surface area contributed by atoms with Gasteiger partial charge in [0.05, 0.1) is 16.9 Å². The van der Waals surface area contributed by atoms with Crippen LogP contribution in [-0.2, 0) is 0 Å². The molecule has 0 bridgehead atoms. The van der Waals surface area contributed by atoms with Gasteiger partial charge in [-0.1, -0.05) is 42.5 Å². The van der Waals surface area contributed by atoms with E-state index in [1.807, 2.05) is 41.3 Å². The van der Waals surface area contributed by atoms with Crippen LogP contribution in [0.25, 0.3) is 22.0 Å². The Kier molecular flexibility index (Phi) is 5.62. The smallest absolute Gasteiger partial charge is 0.292 e. The first-order valence-corrected chi connectivity index (χ1v) is 11.3. The van der Waals surface area contributed by atoms with Gasteiger partial charge in [-0.05, 0) is 18.2 Å². The second kappa shape index (κ2) is 8.87. The predicted octanol–water partition coefficient (Wildman–Crippen LogP) is 4.94. The molecule has 1 aliphatic rings. The van der Waals surface area contributed by atoms with Gasteiger partial charge < -0.3 is 14.2 Å². The van der Waals surface area contributed by atoms with Crippen LogP contribution in [0.5, 0.6) is 0 Å². The van der Waals surface area contributed by atoms with Gasteiger partial charge in [-0.25, -0.2) is 4.98 Å². The number of para-hydroxylation sites is 2. The number of hydrogen-bond acceptors (Lipinski definition) is 7. The monoisotopic (exact) mass is 460 g/mol. The topological polar surface area (TPSA) is 92.7 Å². The number of carbonyl (C=O) groups is 1. The number of nitro benzene ring substituents is 1. The van der Waals surface area contributed by atoms with Crippen molar-refractivity contribution >= 4 is 28.6 Å². The van der Waals surface area contributed by atoms with Gasteiger partial charge in [0.2, 0.25) is 0 Å². The number of piperazine rings is 1. The Hall–Kier alpha value is -3.98. The molecule has 2 aromatic carbocycles. The van der Waals surface area contributed by atoms with Crippen molar-refractivity contribution < 1.29 is 14.1 Å². The van der Waals surface area contributed by atoms with E-state index in [0.29, 0.717) is 53.2 Å². The molecule has 1 amide bonds. The number of carbonyl (C=O) groups excluding carboxylic acids is 1. The minimum absolute atomic E-state index is 0.0780. The molecule has 0 radical (unpaired) electrons. The van der Waals surface area contributed by atoms with Crippen molar-refractivity contribution in [2.45, 2.75) is 0 Å². The highest BCUT2D eigenvalue weighted by atomic mass is 32.1. The molecule has 8 nitrogen and oxygen atoms in total. The number of anilines is 1. The molecule has 166 valence electrons. The molecule has 0 unspecified atom stereocenters. The highest BCUT2D eigenvalue weighted by molar-refractivity contribution is 7.17. The number of nitrogens with zero attached hydrogens (tertiary/aromatic N) is 4. The Morgan fingerprint density at radius 2 is 1.70 bits per heavy atom. The highest BCUT2D eigenvalue weighted by Crippen LogP contribution is 2.35. The lowest BCUT2D eigenvalue weighted by Gasteiger charge is -2.35. The van der Waals surface area contributed by atoms with Gasteiger partial charge in [0.1, 0.15) is 10.6 Å². The number of benzene rings is 2. The molecule has 2 aromatic heterocycles. The van der Waals surface area contributed by atoms with Crippen LogP contribution in [-0.4, -0.2) is 46.9 Å². The van der Waals surface area contributed by atoms with E-state index < -0.39 is 0 Å². The number of thiazole rings is 1. The van der Waals surface area contributed by atoms with Crippen LogP contribution >= 0.6 is 11.3 Å². The minimum Gasteiger partial charge on any atom is -0.462 e. The molecule has 3 heterocycles. The first-order valence-electron chi connectivity index (χ1n) is 10.5. The quantitative estimate of drug-likeness (QED) is 0.309. The van der Waals surface area contributed by atoms with Crippen LogP contribution in [0.4, 0.5) is 11.4 Å². The molecule has 1 saturated heterocycles. The molecule has 4 aromatic rings. The molecule has 33 heavy (non-hydrogen) atoms. The molecular formula is C24H20N4O4S. The van der Waals surface area contributed by atoms with Gasteiger partial charge in [-0.15, -0.1) is 11.3 Å². The van der Waals surface area contributed by atoms with E-state index in [1.54, 1.807) is 35.4 Å². The van der Waals surface area contributed by atoms with E-state index in [4.69, 9.17) is 9.40 Å². The number of rotatable bonds is 5. The maximum Gasteiger partial charge on any atom is 0.292 e. The highest BCUT2D eigenvalue weighted by Gasteiger charge is 2.29. The van der Waals surface area contributed by atoms with Gasteiger partial charge in [-0.2, -0.15) is 0 Å². The molecule has 1 aliphatic heterocycles. The summed E-state index contributed by atoms with van der Waals surface area (Å²) >= 11 is 1.32. The Labute approximate surface area is 193 Å². The van der Waals surface area contributed by atoms with E-state index in [9.17, 15) is 14.9 Å². The summed E-state index contributed by atoms with van der Waals surface area (Å²) in [6, 6.07) is 20.0. The largest absolute Gasteiger partial charge is 0.462 e. The fourth-order valence-electron chi connectivity index (χ4n) is 3.94. The zero-order valence-corrected chi connectivity index (χ0v) is 18.4. The van der Waals surface area contributed by atoms with Crippen LogP contribution in [0.2, 0.25) is 0 Å². The van der Waals surface area contributed by atoms with E-state index in [2.05, 4.69) is 0 Å². The van der Waals surface area contributed by atoms with Crippen LogP contribution < -0.4 is 4.90 Å². The summed E-state index contributed by atoms with van der Waals surface area (Å²) in [5, 5.41) is 12.0. The molecule has 0 N–H and O–H groups in total. The zero-order chi connectivity index (χ0) is 22.8. The van der Waals surface area contributed by atoms with Crippen LogP contribution in [0.3, 0.4) is 0 Å². The van der Waals surface area contributed by atoms with Crippen molar-refractivity contribution in [2.24, 2.45) is 0 Å². The third-order valence-electron chi connectivity index (χ3n) is 5.59. The molecule has 0 saturated carbocycles. The number of amides is 1. The van der Waals surface area contributed by atoms with Crippen molar-refractivity contribution in [1.82, 2.24) is 9.88 Å². The Balaban J connectivity index is 1.40. The molecular weight excluding hydrogens is 440 g/mol. The summed E-state index contributed by atoms with van der Waals surface area (Å²) in [6.07, 6.45) is 1.59. The summed E-state index contributed by atoms with van der Waals surface area (Å²) in [4.78, 5) is 33.6. The number of aromatic nitrogens is 1. The maximum absolute atomic E-state index is 13.5. The average Bonchev–Trinajstić information content (AvgIpc) is 3.55. The van der Waals surface area contributed by atoms with Crippen LogP contribution in [0.15, 0.2) is 77.4 Å². The van der Waals surface area contributed by atoms with Crippen molar-refractivity contribution in [1.29, 1.82) is 0 Å². The summed E-state index contributed by atoms with van der Waals surface area (Å²) in [6.45, 7) is 1.96. The van der Waals surface area contributed by atoms with Crippen molar-refractivity contribution in [3.8, 4) is 22.0 Å². The molecule has 0 spiro atoms. The lowest BCUT2D eigenvalue weighted by molar-refractivity contribution is -0.384. The fourth-order valence-corrected chi connectivity index (χ4v) is 4.97. The lowest BCUT2D eigenvalue weighted by Crippen LogP contribution is -2.48. The number of hydrogen-bond donors (Lipinski definition) is 0. The zero-order valence-electron chi connectivity index (χ0n) is 17.6. The first-order chi connectivity index (χ1) is 16.1. The third-order valence-corrected chi connectivity index (χ3v) is 6.64. The molecule has 1 fully saturated rings. The van der Waals surface area contributed by atoms with Crippen LogP contribution in [0, 0.1) is 10.1 Å². The molecule has 0 atom stereocenters. The normalized spacial score (nSPS) is 13.8. The van der Waals surface area contributed by atoms with Crippen LogP contribution in [0.1, 0.15) is 9.67 Å². The lowest BCUT2D eigenvalue weighted by atomic mass is 10.1. The van der Waals surface area contributed by atoms with Crippen molar-refractivity contribution in [2.75, 3.05) is 31.1 Å². The van der Waals surface area contributed by atoms with E-state index in [0.717, 1.165) is 5.56 Å². The molecule has 5 rings (SSSR count). The van der Waals surface area contributed by atoms with Gasteiger partial charge in [0, 0.05) is 37.8 Å². The van der Waals surface area contributed by atoms with Crippen molar-refractivity contribution in [3.05, 3.63) is 88.0 Å². The molecule has 0 aliphatic carbocycles. The van der Waals surface area contributed by atoms with E-state index >= 15 is 0 Å². The van der Waals surface area contributed by atoms with E-state index in [1.165, 1.54) is 17.4 Å². The first kappa shape index (κ1) is 20.9. The standard InChI is InChI=1S/C24H20N4O4S/c29-24(27-14-12-26(13-15-27)18-9-4-5-10-19(18)28(30)31)22-21(17-7-2-1-3-8-17)25-23(33-22)20-11-6-16-32-20/h1-11,16H,12-15H2. The third kappa shape index (κ3) is 4.10. The average molecular weight is 461 g/mol.